The Hall–Kier alpha value is -1.56. The number of amides is 1. The molecule has 1 rings (SSSR count). The topological polar surface area (TPSA) is 68.0 Å². The molecule has 0 spiro atoms. The summed E-state index contributed by atoms with van der Waals surface area (Å²) in [5.74, 6) is -3.44. The van der Waals surface area contributed by atoms with Crippen LogP contribution in [-0.2, 0) is 11.2 Å². The summed E-state index contributed by atoms with van der Waals surface area (Å²) in [4.78, 5) is 15.1. The Balaban J connectivity index is 2.27. The minimum atomic E-state index is -3.04. The lowest BCUT2D eigenvalue weighted by Gasteiger charge is -2.14. The van der Waals surface area contributed by atoms with E-state index in [-0.39, 0.29) is 6.42 Å². The number of nitrogens with one attached hydrogen (secondary N) is 1. The molecule has 0 fully saturated rings. The fourth-order valence-electron chi connectivity index (χ4n) is 1.20. The molecule has 1 aromatic heterocycles. The van der Waals surface area contributed by atoms with Crippen LogP contribution >= 0.6 is 0 Å². The monoisotopic (exact) mass is 243 g/mol. The fourth-order valence-corrected chi connectivity index (χ4v) is 1.20. The van der Waals surface area contributed by atoms with Gasteiger partial charge in [-0.25, -0.2) is 8.78 Å². The number of carbonyl (C=O) groups excluding carboxylic acids is 1. The van der Waals surface area contributed by atoms with Crippen molar-refractivity contribution in [2.75, 3.05) is 13.1 Å². The van der Waals surface area contributed by atoms with Crippen molar-refractivity contribution in [2.24, 2.45) is 5.73 Å². The molecule has 0 bridgehead atoms. The number of hydrogen-bond donors (Lipinski definition) is 2. The summed E-state index contributed by atoms with van der Waals surface area (Å²) in [7, 11) is 0. The van der Waals surface area contributed by atoms with Gasteiger partial charge in [0.05, 0.1) is 13.1 Å². The van der Waals surface area contributed by atoms with Crippen LogP contribution in [-0.4, -0.2) is 29.9 Å². The molecule has 0 atom stereocenters. The van der Waals surface area contributed by atoms with Crippen LogP contribution < -0.4 is 11.1 Å². The lowest BCUT2D eigenvalue weighted by molar-refractivity contribution is -0.122. The first-order valence-corrected chi connectivity index (χ1v) is 5.27. The first kappa shape index (κ1) is 13.5. The van der Waals surface area contributed by atoms with Gasteiger partial charge in [0.25, 0.3) is 5.92 Å². The van der Waals surface area contributed by atoms with Crippen molar-refractivity contribution in [1.29, 1.82) is 0 Å². The molecule has 0 aliphatic heterocycles. The number of aryl methyl sites for hydroxylation is 1. The maximum atomic E-state index is 12.7. The Morgan fingerprint density at radius 3 is 2.65 bits per heavy atom. The summed E-state index contributed by atoms with van der Waals surface area (Å²) in [6.07, 6.45) is 3.92. The molecule has 1 amide bonds. The van der Waals surface area contributed by atoms with Gasteiger partial charge in [-0.1, -0.05) is 0 Å². The molecule has 1 aromatic rings. The highest BCUT2D eigenvalue weighted by atomic mass is 19.3. The second-order valence-corrected chi connectivity index (χ2v) is 3.69. The number of rotatable bonds is 6. The predicted molar refractivity (Wildman–Crippen MR) is 59.6 cm³/mol. The van der Waals surface area contributed by atoms with Gasteiger partial charge in [-0.2, -0.15) is 0 Å². The zero-order valence-corrected chi connectivity index (χ0v) is 9.33. The highest BCUT2D eigenvalue weighted by Gasteiger charge is 2.26. The van der Waals surface area contributed by atoms with Crippen LogP contribution in [0.25, 0.3) is 0 Å². The van der Waals surface area contributed by atoms with E-state index in [1.54, 1.807) is 24.5 Å². The number of pyridine rings is 1. The van der Waals surface area contributed by atoms with Gasteiger partial charge in [-0.15, -0.1) is 0 Å². The van der Waals surface area contributed by atoms with Crippen molar-refractivity contribution in [2.45, 2.75) is 18.8 Å². The van der Waals surface area contributed by atoms with Gasteiger partial charge in [0.1, 0.15) is 0 Å². The van der Waals surface area contributed by atoms with E-state index in [9.17, 15) is 13.6 Å². The number of nitrogens with zero attached hydrogens (tertiary/aromatic N) is 1. The van der Waals surface area contributed by atoms with E-state index < -0.39 is 24.9 Å². The molecular formula is C11H15F2N3O. The van der Waals surface area contributed by atoms with E-state index in [0.717, 1.165) is 5.56 Å². The van der Waals surface area contributed by atoms with Gasteiger partial charge in [0.2, 0.25) is 5.91 Å². The first-order valence-electron chi connectivity index (χ1n) is 5.27. The second kappa shape index (κ2) is 6.24. The van der Waals surface area contributed by atoms with E-state index in [1.807, 2.05) is 0 Å². The van der Waals surface area contributed by atoms with Gasteiger partial charge in [0, 0.05) is 18.8 Å². The van der Waals surface area contributed by atoms with E-state index in [0.29, 0.717) is 6.42 Å². The molecule has 0 aliphatic rings. The summed E-state index contributed by atoms with van der Waals surface area (Å²) in [6.45, 7) is -1.48. The average molecular weight is 243 g/mol. The van der Waals surface area contributed by atoms with Gasteiger partial charge in [-0.3, -0.25) is 9.78 Å². The van der Waals surface area contributed by atoms with Crippen molar-refractivity contribution in [1.82, 2.24) is 10.3 Å². The molecular weight excluding hydrogens is 228 g/mol. The van der Waals surface area contributed by atoms with Crippen molar-refractivity contribution in [3.8, 4) is 0 Å². The molecule has 0 radical (unpaired) electrons. The molecule has 94 valence electrons. The predicted octanol–water partition coefficient (Wildman–Crippen LogP) is 0.724. The van der Waals surface area contributed by atoms with Gasteiger partial charge in [-0.05, 0) is 24.1 Å². The third-order valence-electron chi connectivity index (χ3n) is 2.23. The third-order valence-corrected chi connectivity index (χ3v) is 2.23. The largest absolute Gasteiger partial charge is 0.350 e. The van der Waals surface area contributed by atoms with Crippen LogP contribution in [0.5, 0.6) is 0 Å². The minimum absolute atomic E-state index is 0.171. The third kappa shape index (κ3) is 5.35. The molecule has 4 nitrogen and oxygen atoms in total. The Kier molecular flexibility index (Phi) is 4.96. The number of halogens is 2. The van der Waals surface area contributed by atoms with E-state index in [1.165, 1.54) is 0 Å². The van der Waals surface area contributed by atoms with Crippen LogP contribution in [0, 0.1) is 0 Å². The second-order valence-electron chi connectivity index (χ2n) is 3.69. The Morgan fingerprint density at radius 2 is 2.06 bits per heavy atom. The van der Waals surface area contributed by atoms with Crippen molar-refractivity contribution in [3.05, 3.63) is 30.1 Å². The quantitative estimate of drug-likeness (QED) is 0.773. The number of alkyl halides is 2. The lowest BCUT2D eigenvalue weighted by Crippen LogP contribution is -2.41. The van der Waals surface area contributed by atoms with Crippen LogP contribution in [0.1, 0.15) is 12.0 Å². The molecule has 0 saturated carbocycles. The number of nitrogens with two attached hydrogens (primary N) is 1. The summed E-state index contributed by atoms with van der Waals surface area (Å²) < 4.78 is 25.5. The lowest BCUT2D eigenvalue weighted by atomic mass is 10.1. The summed E-state index contributed by atoms with van der Waals surface area (Å²) in [6, 6.07) is 3.56. The van der Waals surface area contributed by atoms with Gasteiger partial charge < -0.3 is 11.1 Å². The molecule has 1 heterocycles. The Bertz CT molecular complexity index is 357. The molecule has 0 unspecified atom stereocenters. The number of aromatic nitrogens is 1. The number of carbonyl (C=O) groups is 1. The summed E-state index contributed by atoms with van der Waals surface area (Å²) in [5.41, 5.74) is 5.79. The normalized spacial score (nSPS) is 11.2. The Labute approximate surface area is 98.2 Å². The van der Waals surface area contributed by atoms with Crippen molar-refractivity contribution < 1.29 is 13.6 Å². The fraction of sp³-hybridized carbons (Fsp3) is 0.455. The molecule has 0 aromatic carbocycles. The highest BCUT2D eigenvalue weighted by Crippen LogP contribution is 2.09. The molecule has 17 heavy (non-hydrogen) atoms. The summed E-state index contributed by atoms with van der Waals surface area (Å²) >= 11 is 0. The molecule has 3 N–H and O–H groups in total. The summed E-state index contributed by atoms with van der Waals surface area (Å²) in [5, 5.41) is 2.16. The van der Waals surface area contributed by atoms with Crippen LogP contribution in [0.3, 0.4) is 0 Å². The Morgan fingerprint density at radius 1 is 1.41 bits per heavy atom. The number of hydrogen-bond acceptors (Lipinski definition) is 3. The SMILES string of the molecule is NCC(F)(F)CNC(=O)CCc1ccncc1. The van der Waals surface area contributed by atoms with E-state index >= 15 is 0 Å². The van der Waals surface area contributed by atoms with Crippen LogP contribution in [0.2, 0.25) is 0 Å². The molecule has 6 heteroatoms. The molecule has 0 saturated heterocycles. The maximum Gasteiger partial charge on any atom is 0.277 e. The first-order chi connectivity index (χ1) is 8.03. The highest BCUT2D eigenvalue weighted by molar-refractivity contribution is 5.76. The van der Waals surface area contributed by atoms with E-state index in [2.05, 4.69) is 10.3 Å². The maximum absolute atomic E-state index is 12.7. The zero-order valence-electron chi connectivity index (χ0n) is 9.33. The molecule has 0 aliphatic carbocycles. The van der Waals surface area contributed by atoms with Crippen molar-refractivity contribution >= 4 is 5.91 Å². The van der Waals surface area contributed by atoms with Crippen molar-refractivity contribution in [3.63, 3.8) is 0 Å². The average Bonchev–Trinajstić information content (AvgIpc) is 2.35. The minimum Gasteiger partial charge on any atom is -0.350 e. The smallest absolute Gasteiger partial charge is 0.277 e. The van der Waals surface area contributed by atoms with E-state index in [4.69, 9.17) is 5.73 Å². The van der Waals surface area contributed by atoms with Crippen LogP contribution in [0.15, 0.2) is 24.5 Å². The standard InChI is InChI=1S/C11H15F2N3O/c12-11(13,7-14)8-16-10(17)2-1-9-3-5-15-6-4-9/h3-6H,1-2,7-8,14H2,(H,16,17). The van der Waals surface area contributed by atoms with Gasteiger partial charge in [0.15, 0.2) is 0 Å². The van der Waals surface area contributed by atoms with Crippen LogP contribution in [0.4, 0.5) is 8.78 Å². The zero-order chi connectivity index (χ0) is 12.7. The van der Waals surface area contributed by atoms with Gasteiger partial charge >= 0.3 is 0 Å².